The molecule has 0 spiro atoms. The topological polar surface area (TPSA) is 105 Å². The first-order valence-electron chi connectivity index (χ1n) is 10.1. The maximum atomic E-state index is 11.2. The van der Waals surface area contributed by atoms with Gasteiger partial charge in [0, 0.05) is 18.7 Å². The molecule has 1 aromatic rings. The number of anilines is 1. The minimum atomic E-state index is -1.08. The Labute approximate surface area is 162 Å². The van der Waals surface area contributed by atoms with Crippen molar-refractivity contribution in [3.05, 3.63) is 29.8 Å². The lowest BCUT2D eigenvalue weighted by Crippen LogP contribution is -2.38. The predicted molar refractivity (Wildman–Crippen MR) is 107 cm³/mol. The van der Waals surface area contributed by atoms with Crippen LogP contribution < -0.4 is 11.1 Å². The Kier molecular flexibility index (Phi) is 7.92. The average molecular weight is 379 g/mol. The molecular formula is C21H34N2O4. The highest BCUT2D eigenvalue weighted by Crippen LogP contribution is 2.33. The number of benzene rings is 1. The molecule has 1 aliphatic carbocycles. The predicted octanol–water partition coefficient (Wildman–Crippen LogP) is 3.66. The Bertz CT molecular complexity index is 602. The van der Waals surface area contributed by atoms with Gasteiger partial charge in [-0.1, -0.05) is 51.2 Å². The summed E-state index contributed by atoms with van der Waals surface area (Å²) in [6, 6.07) is 7.65. The number of carbonyl (C=O) groups excluding carboxylic acids is 1. The van der Waals surface area contributed by atoms with Crippen molar-refractivity contribution in [2.24, 2.45) is 5.73 Å². The fraction of sp³-hybridized carbons (Fsp3) is 0.667. The van der Waals surface area contributed by atoms with Gasteiger partial charge in [-0.3, -0.25) is 0 Å². The monoisotopic (exact) mass is 378 g/mol. The van der Waals surface area contributed by atoms with Crippen LogP contribution in [0.2, 0.25) is 0 Å². The molecular weight excluding hydrogens is 344 g/mol. The van der Waals surface area contributed by atoms with E-state index in [0.717, 1.165) is 49.8 Å². The zero-order valence-electron chi connectivity index (χ0n) is 16.4. The SMILES string of the molecule is CCCCC(O)(CCOC(N)=O)c1cccc(NCC2(O)CCCCC2)c1. The summed E-state index contributed by atoms with van der Waals surface area (Å²) in [7, 11) is 0. The van der Waals surface area contributed by atoms with Gasteiger partial charge in [-0.25, -0.2) is 4.79 Å². The van der Waals surface area contributed by atoms with E-state index in [9.17, 15) is 15.0 Å². The largest absolute Gasteiger partial charge is 0.450 e. The molecule has 1 saturated carbocycles. The normalized spacial score (nSPS) is 18.5. The Hall–Kier alpha value is -1.79. The van der Waals surface area contributed by atoms with Crippen molar-refractivity contribution < 1.29 is 19.7 Å². The van der Waals surface area contributed by atoms with Gasteiger partial charge < -0.3 is 26.0 Å². The second-order valence-corrected chi connectivity index (χ2v) is 7.77. The van der Waals surface area contributed by atoms with Gasteiger partial charge in [-0.15, -0.1) is 0 Å². The highest BCUT2D eigenvalue weighted by Gasteiger charge is 2.30. The van der Waals surface area contributed by atoms with Crippen LogP contribution in [0.15, 0.2) is 24.3 Å². The van der Waals surface area contributed by atoms with Crippen molar-refractivity contribution in [3.63, 3.8) is 0 Å². The number of primary amides is 1. The van der Waals surface area contributed by atoms with Crippen LogP contribution in [-0.4, -0.2) is 35.1 Å². The molecule has 5 N–H and O–H groups in total. The number of hydrogen-bond acceptors (Lipinski definition) is 5. The van der Waals surface area contributed by atoms with Crippen molar-refractivity contribution in [1.29, 1.82) is 0 Å². The summed E-state index contributed by atoms with van der Waals surface area (Å²) >= 11 is 0. The zero-order valence-corrected chi connectivity index (χ0v) is 16.4. The van der Waals surface area contributed by atoms with E-state index < -0.39 is 17.3 Å². The number of ether oxygens (including phenoxy) is 1. The Morgan fingerprint density at radius 3 is 2.70 bits per heavy atom. The third-order valence-corrected chi connectivity index (χ3v) is 5.51. The molecule has 27 heavy (non-hydrogen) atoms. The third-order valence-electron chi connectivity index (χ3n) is 5.51. The molecule has 0 aromatic heterocycles. The highest BCUT2D eigenvalue weighted by atomic mass is 16.5. The molecule has 1 atom stereocenters. The fourth-order valence-electron chi connectivity index (χ4n) is 3.78. The number of unbranched alkanes of at least 4 members (excludes halogenated alkanes) is 1. The Balaban J connectivity index is 2.06. The van der Waals surface area contributed by atoms with Crippen LogP contribution in [0, 0.1) is 0 Å². The minimum absolute atomic E-state index is 0.0763. The number of aliphatic hydroxyl groups is 2. The molecule has 1 amide bonds. The van der Waals surface area contributed by atoms with E-state index in [1.165, 1.54) is 6.42 Å². The zero-order chi connectivity index (χ0) is 19.8. The molecule has 0 bridgehead atoms. The van der Waals surface area contributed by atoms with Gasteiger partial charge in [0.15, 0.2) is 0 Å². The van der Waals surface area contributed by atoms with Crippen LogP contribution in [-0.2, 0) is 10.3 Å². The van der Waals surface area contributed by atoms with E-state index in [1.807, 2.05) is 24.3 Å². The van der Waals surface area contributed by atoms with E-state index in [1.54, 1.807) is 0 Å². The molecule has 0 saturated heterocycles. The van der Waals surface area contributed by atoms with Crippen LogP contribution in [0.25, 0.3) is 0 Å². The Morgan fingerprint density at radius 1 is 1.30 bits per heavy atom. The van der Waals surface area contributed by atoms with Crippen molar-refractivity contribution in [1.82, 2.24) is 0 Å². The summed E-state index contributed by atoms with van der Waals surface area (Å²) in [6.07, 6.45) is 6.84. The van der Waals surface area contributed by atoms with E-state index in [4.69, 9.17) is 10.5 Å². The summed E-state index contributed by atoms with van der Waals surface area (Å²) in [5.41, 5.74) is 4.96. The molecule has 1 unspecified atom stereocenters. The van der Waals surface area contributed by atoms with Crippen LogP contribution in [0.3, 0.4) is 0 Å². The Morgan fingerprint density at radius 2 is 2.04 bits per heavy atom. The molecule has 1 aliphatic rings. The molecule has 0 heterocycles. The van der Waals surface area contributed by atoms with E-state index >= 15 is 0 Å². The molecule has 152 valence electrons. The quantitative estimate of drug-likeness (QED) is 0.497. The summed E-state index contributed by atoms with van der Waals surface area (Å²) in [5, 5.41) is 25.2. The third kappa shape index (κ3) is 6.70. The molecule has 0 radical (unpaired) electrons. The van der Waals surface area contributed by atoms with Gasteiger partial charge in [0.05, 0.1) is 17.8 Å². The smallest absolute Gasteiger partial charge is 0.404 e. The minimum Gasteiger partial charge on any atom is -0.450 e. The van der Waals surface area contributed by atoms with Crippen molar-refractivity contribution in [2.45, 2.75) is 75.9 Å². The van der Waals surface area contributed by atoms with Crippen LogP contribution >= 0.6 is 0 Å². The van der Waals surface area contributed by atoms with Crippen molar-refractivity contribution in [2.75, 3.05) is 18.5 Å². The van der Waals surface area contributed by atoms with Gasteiger partial charge in [-0.2, -0.15) is 0 Å². The first kappa shape index (κ1) is 21.5. The van der Waals surface area contributed by atoms with Gasteiger partial charge in [0.1, 0.15) is 0 Å². The van der Waals surface area contributed by atoms with Crippen LogP contribution in [0.4, 0.5) is 10.5 Å². The van der Waals surface area contributed by atoms with Crippen LogP contribution in [0.5, 0.6) is 0 Å². The second kappa shape index (κ2) is 9.95. The fourth-order valence-corrected chi connectivity index (χ4v) is 3.78. The highest BCUT2D eigenvalue weighted by molar-refractivity contribution is 5.64. The summed E-state index contributed by atoms with van der Waals surface area (Å²) in [4.78, 5) is 10.8. The van der Waals surface area contributed by atoms with E-state index in [2.05, 4.69) is 12.2 Å². The maximum Gasteiger partial charge on any atom is 0.404 e. The molecule has 0 aliphatic heterocycles. The van der Waals surface area contributed by atoms with Crippen molar-refractivity contribution >= 4 is 11.8 Å². The lowest BCUT2D eigenvalue weighted by molar-refractivity contribution is -0.000798. The molecule has 1 fully saturated rings. The van der Waals surface area contributed by atoms with Crippen LogP contribution in [0.1, 0.15) is 70.3 Å². The van der Waals surface area contributed by atoms with Gasteiger partial charge in [0.2, 0.25) is 0 Å². The number of rotatable bonds is 10. The first-order valence-corrected chi connectivity index (χ1v) is 10.1. The number of nitrogens with two attached hydrogens (primary N) is 1. The molecule has 2 rings (SSSR count). The summed E-state index contributed by atoms with van der Waals surface area (Å²) in [6.45, 7) is 2.66. The second-order valence-electron chi connectivity index (χ2n) is 7.77. The number of hydrogen-bond donors (Lipinski definition) is 4. The average Bonchev–Trinajstić information content (AvgIpc) is 2.65. The summed E-state index contributed by atoms with van der Waals surface area (Å²) < 4.78 is 4.84. The maximum absolute atomic E-state index is 11.2. The standard InChI is InChI=1S/C21H34N2O4/c1-2-3-12-21(26,13-14-27-19(22)24)17-8-7-9-18(15-17)23-16-20(25)10-5-4-6-11-20/h7-9,15,23,25-26H,2-6,10-14,16H2,1H3,(H2,22,24). The molecule has 6 heteroatoms. The van der Waals surface area contributed by atoms with E-state index in [-0.39, 0.29) is 6.61 Å². The van der Waals surface area contributed by atoms with Gasteiger partial charge in [-0.05, 0) is 37.0 Å². The van der Waals surface area contributed by atoms with E-state index in [0.29, 0.717) is 19.4 Å². The van der Waals surface area contributed by atoms with Crippen molar-refractivity contribution in [3.8, 4) is 0 Å². The molecule has 1 aromatic carbocycles. The van der Waals surface area contributed by atoms with Gasteiger partial charge >= 0.3 is 6.09 Å². The number of nitrogens with one attached hydrogen (secondary N) is 1. The lowest BCUT2D eigenvalue weighted by atomic mass is 9.84. The molecule has 6 nitrogen and oxygen atoms in total. The summed E-state index contributed by atoms with van der Waals surface area (Å²) in [5.74, 6) is 0. The lowest BCUT2D eigenvalue weighted by Gasteiger charge is -2.33. The number of carbonyl (C=O) groups is 1. The first-order chi connectivity index (χ1) is 12.9. The number of amides is 1. The van der Waals surface area contributed by atoms with Gasteiger partial charge in [0.25, 0.3) is 0 Å².